The van der Waals surface area contributed by atoms with Crippen LogP contribution in [0.3, 0.4) is 0 Å². The van der Waals surface area contributed by atoms with Crippen LogP contribution in [-0.2, 0) is 6.42 Å². The van der Waals surface area contributed by atoms with Gasteiger partial charge in [-0.15, -0.1) is 0 Å². The Bertz CT molecular complexity index is 335. The number of benzene rings is 1. The summed E-state index contributed by atoms with van der Waals surface area (Å²) in [7, 11) is 2.22. The molecule has 0 saturated heterocycles. The molecule has 0 fully saturated rings. The first kappa shape index (κ1) is 10.4. The van der Waals surface area contributed by atoms with Gasteiger partial charge in [0.1, 0.15) is 0 Å². The monoisotopic (exact) mass is 301 g/mol. The van der Waals surface area contributed by atoms with Gasteiger partial charge in [-0.1, -0.05) is 13.0 Å². The van der Waals surface area contributed by atoms with Crippen molar-refractivity contribution in [3.05, 3.63) is 32.9 Å². The Kier molecular flexibility index (Phi) is 3.12. The standard InChI is InChI=1S/C12H16IN/c1-9-8-14(2)6-5-10-3-4-11(13)7-12(9)10/h3-4,7,9H,5-6,8H2,1-2H3. The lowest BCUT2D eigenvalue weighted by Crippen LogP contribution is -2.22. The molecule has 2 heteroatoms. The number of nitrogens with zero attached hydrogens (tertiary/aromatic N) is 1. The van der Waals surface area contributed by atoms with Crippen molar-refractivity contribution < 1.29 is 0 Å². The van der Waals surface area contributed by atoms with Crippen molar-refractivity contribution in [2.75, 3.05) is 20.1 Å². The van der Waals surface area contributed by atoms with Gasteiger partial charge in [0, 0.05) is 16.7 Å². The minimum Gasteiger partial charge on any atom is -0.305 e. The first-order valence-corrected chi connectivity index (χ1v) is 6.21. The summed E-state index contributed by atoms with van der Waals surface area (Å²) in [4.78, 5) is 2.43. The van der Waals surface area contributed by atoms with Gasteiger partial charge in [0.25, 0.3) is 0 Å². The summed E-state index contributed by atoms with van der Waals surface area (Å²) in [5.74, 6) is 0.673. The van der Waals surface area contributed by atoms with Crippen LogP contribution in [0.25, 0.3) is 0 Å². The highest BCUT2D eigenvalue weighted by molar-refractivity contribution is 14.1. The van der Waals surface area contributed by atoms with Gasteiger partial charge in [-0.25, -0.2) is 0 Å². The van der Waals surface area contributed by atoms with Crippen molar-refractivity contribution in [1.29, 1.82) is 0 Å². The largest absolute Gasteiger partial charge is 0.305 e. The molecule has 0 aromatic heterocycles. The molecule has 0 saturated carbocycles. The average Bonchev–Trinajstić information content (AvgIpc) is 2.27. The molecule has 1 heterocycles. The van der Waals surface area contributed by atoms with Crippen LogP contribution in [0.15, 0.2) is 18.2 Å². The highest BCUT2D eigenvalue weighted by atomic mass is 127. The Balaban J connectivity index is 2.39. The maximum atomic E-state index is 2.43. The van der Waals surface area contributed by atoms with E-state index in [4.69, 9.17) is 0 Å². The number of hydrogen-bond donors (Lipinski definition) is 0. The van der Waals surface area contributed by atoms with Gasteiger partial charge < -0.3 is 4.90 Å². The maximum absolute atomic E-state index is 2.43. The Morgan fingerprint density at radius 3 is 3.00 bits per heavy atom. The van der Waals surface area contributed by atoms with E-state index < -0.39 is 0 Å². The topological polar surface area (TPSA) is 3.24 Å². The number of fused-ring (bicyclic) bond motifs is 1. The van der Waals surface area contributed by atoms with Crippen molar-refractivity contribution in [3.8, 4) is 0 Å². The second kappa shape index (κ2) is 4.19. The fraction of sp³-hybridized carbons (Fsp3) is 0.500. The molecule has 0 spiro atoms. The number of halogens is 1. The summed E-state index contributed by atoms with van der Waals surface area (Å²) in [6.45, 7) is 4.71. The van der Waals surface area contributed by atoms with Crippen molar-refractivity contribution in [2.45, 2.75) is 19.3 Å². The van der Waals surface area contributed by atoms with Gasteiger partial charge in [-0.2, -0.15) is 0 Å². The second-order valence-corrected chi connectivity index (χ2v) is 5.50. The van der Waals surface area contributed by atoms with Crippen LogP contribution >= 0.6 is 22.6 Å². The van der Waals surface area contributed by atoms with Crippen LogP contribution < -0.4 is 0 Å². The molecular formula is C12H16IN. The van der Waals surface area contributed by atoms with Gasteiger partial charge in [0.15, 0.2) is 0 Å². The Morgan fingerprint density at radius 2 is 2.21 bits per heavy atom. The lowest BCUT2D eigenvalue weighted by atomic mass is 9.96. The third kappa shape index (κ3) is 2.11. The van der Waals surface area contributed by atoms with Gasteiger partial charge in [-0.05, 0) is 65.2 Å². The van der Waals surface area contributed by atoms with Crippen LogP contribution in [0.2, 0.25) is 0 Å². The summed E-state index contributed by atoms with van der Waals surface area (Å²) in [5.41, 5.74) is 3.10. The minimum atomic E-state index is 0.673. The molecule has 1 aliphatic rings. The molecule has 1 nitrogen and oxygen atoms in total. The van der Waals surface area contributed by atoms with E-state index in [9.17, 15) is 0 Å². The molecular weight excluding hydrogens is 285 g/mol. The molecule has 14 heavy (non-hydrogen) atoms. The summed E-state index contributed by atoms with van der Waals surface area (Å²) in [6, 6.07) is 6.86. The maximum Gasteiger partial charge on any atom is 0.0133 e. The lowest BCUT2D eigenvalue weighted by molar-refractivity contribution is 0.332. The van der Waals surface area contributed by atoms with Crippen LogP contribution in [0.5, 0.6) is 0 Å². The van der Waals surface area contributed by atoms with E-state index in [0.29, 0.717) is 5.92 Å². The van der Waals surface area contributed by atoms with E-state index in [1.54, 1.807) is 11.1 Å². The number of hydrogen-bond acceptors (Lipinski definition) is 1. The summed E-state index contributed by atoms with van der Waals surface area (Å²) >= 11 is 2.40. The SMILES string of the molecule is CC1CN(C)CCc2ccc(I)cc21. The van der Waals surface area contributed by atoms with Crippen LogP contribution in [0.1, 0.15) is 24.0 Å². The minimum absolute atomic E-state index is 0.673. The molecule has 1 unspecified atom stereocenters. The first-order valence-electron chi connectivity index (χ1n) is 5.13. The first-order chi connectivity index (χ1) is 6.66. The second-order valence-electron chi connectivity index (χ2n) is 4.26. The van der Waals surface area contributed by atoms with Crippen LogP contribution in [0.4, 0.5) is 0 Å². The highest BCUT2D eigenvalue weighted by Gasteiger charge is 2.17. The molecule has 0 bridgehead atoms. The lowest BCUT2D eigenvalue weighted by Gasteiger charge is -2.17. The molecule has 0 aliphatic carbocycles. The zero-order chi connectivity index (χ0) is 10.1. The van der Waals surface area contributed by atoms with E-state index in [0.717, 1.165) is 0 Å². The van der Waals surface area contributed by atoms with Crippen molar-refractivity contribution in [2.24, 2.45) is 0 Å². The molecule has 1 aliphatic heterocycles. The quantitative estimate of drug-likeness (QED) is 0.666. The number of likely N-dealkylation sites (N-methyl/N-ethyl adjacent to an activating group) is 1. The van der Waals surface area contributed by atoms with Crippen molar-refractivity contribution in [3.63, 3.8) is 0 Å². The molecule has 1 aromatic rings. The summed E-state index contributed by atoms with van der Waals surface area (Å²) < 4.78 is 1.36. The highest BCUT2D eigenvalue weighted by Crippen LogP contribution is 2.26. The predicted molar refractivity (Wildman–Crippen MR) is 68.8 cm³/mol. The van der Waals surface area contributed by atoms with E-state index in [2.05, 4.69) is 59.7 Å². The normalized spacial score (nSPS) is 22.9. The van der Waals surface area contributed by atoms with Gasteiger partial charge in [0.2, 0.25) is 0 Å². The summed E-state index contributed by atoms with van der Waals surface area (Å²) in [6.07, 6.45) is 1.20. The Hall–Kier alpha value is -0.0900. The third-order valence-corrected chi connectivity index (χ3v) is 3.66. The fourth-order valence-corrected chi connectivity index (χ4v) is 2.74. The predicted octanol–water partition coefficient (Wildman–Crippen LogP) is 2.88. The van der Waals surface area contributed by atoms with E-state index >= 15 is 0 Å². The summed E-state index contributed by atoms with van der Waals surface area (Å²) in [5, 5.41) is 0. The number of rotatable bonds is 0. The van der Waals surface area contributed by atoms with Crippen LogP contribution in [0, 0.1) is 3.57 Å². The molecule has 0 radical (unpaired) electrons. The fourth-order valence-electron chi connectivity index (χ4n) is 2.22. The molecule has 0 N–H and O–H groups in total. The zero-order valence-electron chi connectivity index (χ0n) is 8.76. The van der Waals surface area contributed by atoms with E-state index in [1.807, 2.05) is 0 Å². The molecule has 1 aromatic carbocycles. The van der Waals surface area contributed by atoms with E-state index in [1.165, 1.54) is 23.1 Å². The van der Waals surface area contributed by atoms with Crippen molar-refractivity contribution >= 4 is 22.6 Å². The smallest absolute Gasteiger partial charge is 0.0133 e. The third-order valence-electron chi connectivity index (χ3n) is 2.99. The van der Waals surface area contributed by atoms with Crippen molar-refractivity contribution in [1.82, 2.24) is 4.90 Å². The Labute approximate surface area is 99.6 Å². The Morgan fingerprint density at radius 1 is 1.43 bits per heavy atom. The zero-order valence-corrected chi connectivity index (χ0v) is 10.9. The molecule has 0 amide bonds. The van der Waals surface area contributed by atoms with Gasteiger partial charge in [0.05, 0.1) is 0 Å². The van der Waals surface area contributed by atoms with Crippen LogP contribution in [-0.4, -0.2) is 25.0 Å². The average molecular weight is 301 g/mol. The van der Waals surface area contributed by atoms with Gasteiger partial charge in [-0.3, -0.25) is 0 Å². The molecule has 1 atom stereocenters. The van der Waals surface area contributed by atoms with E-state index in [-0.39, 0.29) is 0 Å². The molecule has 76 valence electrons. The van der Waals surface area contributed by atoms with Gasteiger partial charge >= 0.3 is 0 Å². The molecule has 2 rings (SSSR count).